The molecule has 0 aromatic heterocycles. The molecule has 1 rings (SSSR count). The molecule has 0 nitrogen and oxygen atoms in total. The molecule has 0 bridgehead atoms. The van der Waals surface area contributed by atoms with Crippen LogP contribution in [0.5, 0.6) is 0 Å². The van der Waals surface area contributed by atoms with Gasteiger partial charge in [0, 0.05) is 9.79 Å². The fourth-order valence-electron chi connectivity index (χ4n) is 4.53. The highest BCUT2D eigenvalue weighted by molar-refractivity contribution is 8.00. The van der Waals surface area contributed by atoms with Gasteiger partial charge in [-0.1, -0.05) is 130 Å². The molecule has 34 heavy (non-hydrogen) atoms. The molecule has 0 spiro atoms. The Labute approximate surface area is 223 Å². The third kappa shape index (κ3) is 19.1. The van der Waals surface area contributed by atoms with Crippen LogP contribution in [-0.4, -0.2) is 11.5 Å². The van der Waals surface area contributed by atoms with Crippen molar-refractivity contribution < 1.29 is 0 Å². The molecule has 198 valence electrons. The van der Waals surface area contributed by atoms with Crippen LogP contribution in [0.3, 0.4) is 0 Å². The highest BCUT2D eigenvalue weighted by atomic mass is 32.2. The summed E-state index contributed by atoms with van der Waals surface area (Å²) in [7, 11) is 0. The number of unbranched alkanes of at least 4 members (excludes halogenated alkanes) is 17. The van der Waals surface area contributed by atoms with Crippen molar-refractivity contribution >= 4 is 23.5 Å². The Bertz CT molecular complexity index is 512. The molecule has 0 fully saturated rings. The quantitative estimate of drug-likeness (QED) is 0.0955. The maximum atomic E-state index is 2.48. The van der Waals surface area contributed by atoms with Crippen LogP contribution in [0, 0.1) is 0 Å². The van der Waals surface area contributed by atoms with Crippen molar-refractivity contribution in [1.29, 1.82) is 0 Å². The fraction of sp³-hybridized carbons (Fsp3) is 0.812. The highest BCUT2D eigenvalue weighted by Gasteiger charge is 2.04. The van der Waals surface area contributed by atoms with Crippen LogP contribution in [0.4, 0.5) is 0 Å². The van der Waals surface area contributed by atoms with Crippen LogP contribution in [0.2, 0.25) is 0 Å². The van der Waals surface area contributed by atoms with Gasteiger partial charge in [0.1, 0.15) is 0 Å². The Balaban J connectivity index is 2.24. The van der Waals surface area contributed by atoms with Gasteiger partial charge in [0.2, 0.25) is 0 Å². The van der Waals surface area contributed by atoms with Gasteiger partial charge in [0.05, 0.1) is 0 Å². The summed E-state index contributed by atoms with van der Waals surface area (Å²) in [5.41, 5.74) is 1.56. The van der Waals surface area contributed by atoms with Gasteiger partial charge in [-0.15, -0.1) is 23.5 Å². The predicted octanol–water partition coefficient (Wildman–Crippen LogP) is 12.3. The van der Waals surface area contributed by atoms with Gasteiger partial charge in [-0.25, -0.2) is 0 Å². The van der Waals surface area contributed by atoms with E-state index in [-0.39, 0.29) is 0 Å². The molecule has 0 aliphatic carbocycles. The Hall–Kier alpha value is -0.0800. The van der Waals surface area contributed by atoms with Crippen molar-refractivity contribution in [3.05, 3.63) is 23.8 Å². The van der Waals surface area contributed by atoms with Gasteiger partial charge in [0.15, 0.2) is 0 Å². The maximum Gasteiger partial charge on any atom is 0.00858 e. The second kappa shape index (κ2) is 24.6. The molecule has 0 unspecified atom stereocenters. The van der Waals surface area contributed by atoms with Crippen LogP contribution in [0.25, 0.3) is 0 Å². The van der Waals surface area contributed by atoms with Crippen LogP contribution in [-0.2, 0) is 6.42 Å². The van der Waals surface area contributed by atoms with Crippen molar-refractivity contribution in [2.75, 3.05) is 11.5 Å². The molecule has 0 heterocycles. The molecule has 1 aromatic rings. The monoisotopic (exact) mass is 506 g/mol. The average molecular weight is 507 g/mol. The minimum Gasteiger partial charge on any atom is -0.126 e. The zero-order chi connectivity index (χ0) is 24.5. The number of rotatable bonds is 25. The Morgan fingerprint density at radius 1 is 0.412 bits per heavy atom. The summed E-state index contributed by atoms with van der Waals surface area (Å²) >= 11 is 4.20. The van der Waals surface area contributed by atoms with Crippen LogP contribution >= 0.6 is 23.5 Å². The van der Waals surface area contributed by atoms with E-state index in [4.69, 9.17) is 0 Å². The van der Waals surface area contributed by atoms with Crippen molar-refractivity contribution in [2.24, 2.45) is 0 Å². The second-order valence-electron chi connectivity index (χ2n) is 10.3. The van der Waals surface area contributed by atoms with Crippen LogP contribution in [0.15, 0.2) is 28.0 Å². The molecule has 0 amide bonds. The smallest absolute Gasteiger partial charge is 0.00858 e. The molecular weight excluding hydrogens is 448 g/mol. The minimum absolute atomic E-state index is 1.24. The topological polar surface area (TPSA) is 0 Å². The van der Waals surface area contributed by atoms with E-state index in [9.17, 15) is 0 Å². The standard InChI is InChI=1S/C32H58S2/c1-4-7-10-12-14-16-18-20-22-25-33-31-27-30(24-9-6-3)28-32(29-31)34-26-23-21-19-17-15-13-11-8-5-2/h27-29H,4-26H2,1-3H3. The SMILES string of the molecule is CCCCCCCCCCCSc1cc(CCCC)cc(SCCCCCCCCCCC)c1. The lowest BCUT2D eigenvalue weighted by molar-refractivity contribution is 0.573. The van der Waals surface area contributed by atoms with Crippen molar-refractivity contribution in [3.63, 3.8) is 0 Å². The summed E-state index contributed by atoms with van der Waals surface area (Å²) in [6, 6.07) is 7.44. The van der Waals surface area contributed by atoms with E-state index in [1.165, 1.54) is 156 Å². The van der Waals surface area contributed by atoms with E-state index in [0.717, 1.165) is 0 Å². The van der Waals surface area contributed by atoms with E-state index in [0.29, 0.717) is 0 Å². The molecule has 1 aromatic carbocycles. The predicted molar refractivity (Wildman–Crippen MR) is 161 cm³/mol. The summed E-state index contributed by atoms with van der Waals surface area (Å²) in [6.45, 7) is 6.91. The van der Waals surface area contributed by atoms with E-state index in [1.807, 2.05) is 0 Å². The van der Waals surface area contributed by atoms with Gasteiger partial charge in [-0.3, -0.25) is 0 Å². The normalized spacial score (nSPS) is 11.4. The summed E-state index contributed by atoms with van der Waals surface area (Å²) in [6.07, 6.45) is 29.4. The van der Waals surface area contributed by atoms with E-state index < -0.39 is 0 Å². The highest BCUT2D eigenvalue weighted by Crippen LogP contribution is 2.29. The summed E-state index contributed by atoms with van der Waals surface area (Å²) in [4.78, 5) is 3.03. The zero-order valence-electron chi connectivity index (χ0n) is 23.3. The first kappa shape index (κ1) is 31.9. The Morgan fingerprint density at radius 3 is 1.15 bits per heavy atom. The van der Waals surface area contributed by atoms with E-state index in [1.54, 1.807) is 5.56 Å². The largest absolute Gasteiger partial charge is 0.126 e. The molecule has 0 saturated carbocycles. The fourth-order valence-corrected chi connectivity index (χ4v) is 6.66. The summed E-state index contributed by atoms with van der Waals surface area (Å²) < 4.78 is 0. The zero-order valence-corrected chi connectivity index (χ0v) is 24.9. The molecule has 2 heteroatoms. The molecule has 0 aliphatic heterocycles. The number of hydrogen-bond acceptors (Lipinski definition) is 2. The molecule has 0 N–H and O–H groups in total. The van der Waals surface area contributed by atoms with Gasteiger partial charge in [0.25, 0.3) is 0 Å². The molecule has 0 saturated heterocycles. The molecule has 0 radical (unpaired) electrons. The maximum absolute atomic E-state index is 2.48. The van der Waals surface area contributed by atoms with E-state index >= 15 is 0 Å². The Morgan fingerprint density at radius 2 is 0.765 bits per heavy atom. The third-order valence-electron chi connectivity index (χ3n) is 6.79. The first-order valence-electron chi connectivity index (χ1n) is 15.2. The number of benzene rings is 1. The van der Waals surface area contributed by atoms with Gasteiger partial charge in [-0.05, 0) is 61.0 Å². The Kier molecular flexibility index (Phi) is 23.1. The molecule has 0 atom stereocenters. The summed E-state index contributed by atoms with van der Waals surface area (Å²) in [5.74, 6) is 2.57. The van der Waals surface area contributed by atoms with Crippen LogP contribution in [0.1, 0.15) is 155 Å². The lowest BCUT2D eigenvalue weighted by Crippen LogP contribution is -1.90. The molecular formula is C32H58S2. The van der Waals surface area contributed by atoms with Crippen molar-refractivity contribution in [2.45, 2.75) is 165 Å². The second-order valence-corrected chi connectivity index (χ2v) is 12.6. The van der Waals surface area contributed by atoms with Gasteiger partial charge >= 0.3 is 0 Å². The summed E-state index contributed by atoms with van der Waals surface area (Å²) in [5, 5.41) is 0. The number of thioether (sulfide) groups is 2. The van der Waals surface area contributed by atoms with Crippen molar-refractivity contribution in [3.8, 4) is 0 Å². The van der Waals surface area contributed by atoms with E-state index in [2.05, 4.69) is 62.5 Å². The van der Waals surface area contributed by atoms with Crippen LogP contribution < -0.4 is 0 Å². The lowest BCUT2D eigenvalue weighted by Gasteiger charge is -2.10. The van der Waals surface area contributed by atoms with Gasteiger partial charge < -0.3 is 0 Å². The first-order chi connectivity index (χ1) is 16.8. The van der Waals surface area contributed by atoms with Gasteiger partial charge in [-0.2, -0.15) is 0 Å². The average Bonchev–Trinajstić information content (AvgIpc) is 2.85. The van der Waals surface area contributed by atoms with Crippen molar-refractivity contribution in [1.82, 2.24) is 0 Å². The minimum atomic E-state index is 1.24. The first-order valence-corrected chi connectivity index (χ1v) is 17.2. The number of hydrogen-bond donors (Lipinski definition) is 0. The lowest BCUT2D eigenvalue weighted by atomic mass is 10.1. The third-order valence-corrected chi connectivity index (χ3v) is 8.92. The molecule has 0 aliphatic rings. The number of aryl methyl sites for hydroxylation is 1.